The lowest BCUT2D eigenvalue weighted by atomic mass is 10.1. The van der Waals surface area contributed by atoms with Gasteiger partial charge in [0.2, 0.25) is 0 Å². The van der Waals surface area contributed by atoms with Crippen molar-refractivity contribution in [3.8, 4) is 11.8 Å². The molecule has 0 heterocycles. The van der Waals surface area contributed by atoms with Gasteiger partial charge in [-0.25, -0.2) is 0 Å². The van der Waals surface area contributed by atoms with Crippen LogP contribution in [0.4, 0.5) is 18.9 Å². The minimum Gasteiger partial charge on any atom is -0.398 e. The van der Waals surface area contributed by atoms with Crippen LogP contribution in [-0.4, -0.2) is 10.7 Å². The van der Waals surface area contributed by atoms with Gasteiger partial charge in [0.05, 0.1) is 5.56 Å². The van der Waals surface area contributed by atoms with E-state index in [1.165, 1.54) is 13.8 Å². The molecule has 0 aliphatic rings. The van der Waals surface area contributed by atoms with Crippen LogP contribution >= 0.6 is 0 Å². The van der Waals surface area contributed by atoms with E-state index in [1.807, 2.05) is 0 Å². The minimum atomic E-state index is -4.43. The molecule has 1 aromatic rings. The number of aliphatic hydroxyl groups is 1. The first-order valence-electron chi connectivity index (χ1n) is 4.82. The summed E-state index contributed by atoms with van der Waals surface area (Å²) in [5.41, 5.74) is 3.63. The van der Waals surface area contributed by atoms with Crippen LogP contribution in [0.25, 0.3) is 0 Å². The third-order valence-electron chi connectivity index (χ3n) is 1.88. The van der Waals surface area contributed by atoms with Crippen LogP contribution in [-0.2, 0) is 6.18 Å². The van der Waals surface area contributed by atoms with Crippen molar-refractivity contribution in [3.63, 3.8) is 0 Å². The van der Waals surface area contributed by atoms with Crippen LogP contribution in [0.3, 0.4) is 0 Å². The maximum atomic E-state index is 12.4. The lowest BCUT2D eigenvalue weighted by molar-refractivity contribution is -0.137. The molecule has 17 heavy (non-hydrogen) atoms. The highest BCUT2D eigenvalue weighted by Gasteiger charge is 2.30. The highest BCUT2D eigenvalue weighted by Crippen LogP contribution is 2.30. The van der Waals surface area contributed by atoms with Crippen molar-refractivity contribution >= 4 is 5.69 Å². The number of alkyl halides is 3. The normalized spacial score (nSPS) is 11.9. The molecule has 1 rings (SSSR count). The quantitative estimate of drug-likeness (QED) is 0.543. The lowest BCUT2D eigenvalue weighted by Gasteiger charge is -2.09. The van der Waals surface area contributed by atoms with E-state index < -0.39 is 17.3 Å². The fourth-order valence-electron chi connectivity index (χ4n) is 1.06. The zero-order valence-corrected chi connectivity index (χ0v) is 9.39. The highest BCUT2D eigenvalue weighted by atomic mass is 19.4. The molecule has 0 unspecified atom stereocenters. The highest BCUT2D eigenvalue weighted by molar-refractivity contribution is 5.57. The number of benzene rings is 1. The second-order valence-electron chi connectivity index (χ2n) is 4.11. The Morgan fingerprint density at radius 1 is 1.24 bits per heavy atom. The molecule has 0 aliphatic carbocycles. The largest absolute Gasteiger partial charge is 0.416 e. The molecule has 2 nitrogen and oxygen atoms in total. The molecule has 0 atom stereocenters. The molecular formula is C12H12F3NO. The molecule has 3 N–H and O–H groups in total. The zero-order chi connectivity index (χ0) is 13.3. The van der Waals surface area contributed by atoms with Gasteiger partial charge in [0.25, 0.3) is 0 Å². The summed E-state index contributed by atoms with van der Waals surface area (Å²) >= 11 is 0. The van der Waals surface area contributed by atoms with Gasteiger partial charge >= 0.3 is 6.18 Å². The van der Waals surface area contributed by atoms with Gasteiger partial charge < -0.3 is 10.8 Å². The van der Waals surface area contributed by atoms with Crippen molar-refractivity contribution in [1.29, 1.82) is 0 Å². The van der Waals surface area contributed by atoms with Crippen LogP contribution in [0.15, 0.2) is 18.2 Å². The van der Waals surface area contributed by atoms with Gasteiger partial charge in [0, 0.05) is 11.3 Å². The topological polar surface area (TPSA) is 46.2 Å². The molecule has 5 heteroatoms. The van der Waals surface area contributed by atoms with Crippen LogP contribution in [0.1, 0.15) is 25.0 Å². The number of hydrogen-bond acceptors (Lipinski definition) is 2. The van der Waals surface area contributed by atoms with Crippen LogP contribution in [0.5, 0.6) is 0 Å². The van der Waals surface area contributed by atoms with Gasteiger partial charge in [-0.3, -0.25) is 0 Å². The molecule has 0 aliphatic heterocycles. The minimum absolute atomic E-state index is 0.0574. The second-order valence-corrected chi connectivity index (χ2v) is 4.11. The van der Waals surface area contributed by atoms with E-state index >= 15 is 0 Å². The van der Waals surface area contributed by atoms with Crippen LogP contribution in [0.2, 0.25) is 0 Å². The monoisotopic (exact) mass is 243 g/mol. The molecular weight excluding hydrogens is 231 g/mol. The van der Waals surface area contributed by atoms with Crippen molar-refractivity contribution < 1.29 is 18.3 Å². The summed E-state index contributed by atoms with van der Waals surface area (Å²) in [6, 6.07) is 2.91. The Hall–Kier alpha value is -1.67. The molecule has 0 radical (unpaired) electrons. The average molecular weight is 243 g/mol. The van der Waals surface area contributed by atoms with Crippen molar-refractivity contribution in [2.45, 2.75) is 25.6 Å². The van der Waals surface area contributed by atoms with Crippen LogP contribution in [0, 0.1) is 11.8 Å². The summed E-state index contributed by atoms with van der Waals surface area (Å²) in [4.78, 5) is 0. The maximum absolute atomic E-state index is 12.4. The molecule has 0 saturated carbocycles. The average Bonchev–Trinajstić information content (AvgIpc) is 2.13. The first-order chi connectivity index (χ1) is 7.59. The molecule has 0 amide bonds. The van der Waals surface area contributed by atoms with E-state index in [1.54, 1.807) is 0 Å². The SMILES string of the molecule is CC(C)(O)C#Cc1cc(C(F)(F)F)ccc1N. The number of nitrogens with two attached hydrogens (primary N) is 1. The van der Waals surface area contributed by atoms with Crippen molar-refractivity contribution in [2.75, 3.05) is 5.73 Å². The van der Waals surface area contributed by atoms with Crippen molar-refractivity contribution in [1.82, 2.24) is 0 Å². The Labute approximate surface area is 97.3 Å². The Morgan fingerprint density at radius 2 is 1.82 bits per heavy atom. The third-order valence-corrected chi connectivity index (χ3v) is 1.88. The molecule has 0 spiro atoms. The molecule has 0 aromatic heterocycles. The summed E-state index contributed by atoms with van der Waals surface area (Å²) in [6.07, 6.45) is -4.43. The Kier molecular flexibility index (Phi) is 3.39. The summed E-state index contributed by atoms with van der Waals surface area (Å²) in [6.45, 7) is 2.87. The van der Waals surface area contributed by atoms with Gasteiger partial charge in [0.1, 0.15) is 5.60 Å². The van der Waals surface area contributed by atoms with E-state index in [-0.39, 0.29) is 11.3 Å². The summed E-state index contributed by atoms with van der Waals surface area (Å²) < 4.78 is 37.3. The Balaban J connectivity index is 3.20. The molecule has 0 bridgehead atoms. The van der Waals surface area contributed by atoms with Crippen LogP contribution < -0.4 is 5.73 Å². The number of rotatable bonds is 0. The Morgan fingerprint density at radius 3 is 2.29 bits per heavy atom. The lowest BCUT2D eigenvalue weighted by Crippen LogP contribution is -2.14. The molecule has 0 fully saturated rings. The first-order valence-corrected chi connectivity index (χ1v) is 4.82. The summed E-state index contributed by atoms with van der Waals surface area (Å²) in [7, 11) is 0. The van der Waals surface area contributed by atoms with Crippen molar-refractivity contribution in [2.24, 2.45) is 0 Å². The van der Waals surface area contributed by atoms with E-state index in [4.69, 9.17) is 5.73 Å². The predicted octanol–water partition coefficient (Wildman–Crippen LogP) is 2.41. The molecule has 1 aromatic carbocycles. The van der Waals surface area contributed by atoms with E-state index in [0.29, 0.717) is 0 Å². The number of anilines is 1. The third kappa shape index (κ3) is 4.00. The smallest absolute Gasteiger partial charge is 0.398 e. The second kappa shape index (κ2) is 4.30. The summed E-state index contributed by atoms with van der Waals surface area (Å²) in [5, 5.41) is 9.36. The molecule has 92 valence electrons. The maximum Gasteiger partial charge on any atom is 0.416 e. The van der Waals surface area contributed by atoms with Gasteiger partial charge in [0.15, 0.2) is 0 Å². The Bertz CT molecular complexity index is 475. The standard InChI is InChI=1S/C12H12F3NO/c1-11(2,17)6-5-8-7-9(12(13,14)15)3-4-10(8)16/h3-4,7,17H,16H2,1-2H3. The fourth-order valence-corrected chi connectivity index (χ4v) is 1.06. The first kappa shape index (κ1) is 13.4. The van der Waals surface area contributed by atoms with Gasteiger partial charge in [-0.2, -0.15) is 13.2 Å². The zero-order valence-electron chi connectivity index (χ0n) is 9.39. The van der Waals surface area contributed by atoms with E-state index in [2.05, 4.69) is 11.8 Å². The molecule has 0 saturated heterocycles. The predicted molar refractivity (Wildman–Crippen MR) is 59.0 cm³/mol. The van der Waals surface area contributed by atoms with Crippen molar-refractivity contribution in [3.05, 3.63) is 29.3 Å². The van der Waals surface area contributed by atoms with Gasteiger partial charge in [-0.15, -0.1) is 0 Å². The summed E-state index contributed by atoms with van der Waals surface area (Å²) in [5.74, 6) is 4.86. The van der Waals surface area contributed by atoms with Gasteiger partial charge in [-0.05, 0) is 32.0 Å². The number of hydrogen-bond donors (Lipinski definition) is 2. The van der Waals surface area contributed by atoms with Gasteiger partial charge in [-0.1, -0.05) is 11.8 Å². The fraction of sp³-hybridized carbons (Fsp3) is 0.333. The number of halogens is 3. The number of nitrogen functional groups attached to an aromatic ring is 1. The van der Waals surface area contributed by atoms with E-state index in [0.717, 1.165) is 18.2 Å². The van der Waals surface area contributed by atoms with E-state index in [9.17, 15) is 18.3 Å².